The third-order valence-corrected chi connectivity index (χ3v) is 4.25. The van der Waals surface area contributed by atoms with Gasteiger partial charge in [-0.1, -0.05) is 6.92 Å². The summed E-state index contributed by atoms with van der Waals surface area (Å²) in [6.07, 6.45) is 7.23. The molecule has 4 atom stereocenters. The van der Waals surface area contributed by atoms with Crippen LogP contribution in [-0.2, 0) is 0 Å². The smallest absolute Gasteiger partial charge is 0.0555 e. The van der Waals surface area contributed by atoms with Gasteiger partial charge in [-0.15, -0.1) is 0 Å². The Morgan fingerprint density at radius 2 is 1.87 bits per heavy atom. The van der Waals surface area contributed by atoms with Crippen molar-refractivity contribution in [3.05, 3.63) is 0 Å². The van der Waals surface area contributed by atoms with Crippen molar-refractivity contribution >= 4 is 0 Å². The van der Waals surface area contributed by atoms with Crippen molar-refractivity contribution in [2.45, 2.75) is 70.6 Å². The van der Waals surface area contributed by atoms with E-state index in [1.165, 1.54) is 32.2 Å². The molecule has 0 aromatic rings. The predicted octanol–water partition coefficient (Wildman–Crippen LogP) is 2.41. The lowest BCUT2D eigenvalue weighted by molar-refractivity contribution is 0.0167. The molecule has 2 nitrogen and oxygen atoms in total. The summed E-state index contributed by atoms with van der Waals surface area (Å²) in [6, 6.07) is 1.39. The molecule has 1 N–H and O–H groups in total. The maximum Gasteiger partial charge on any atom is 0.0555 e. The van der Waals surface area contributed by atoms with Crippen molar-refractivity contribution in [1.82, 2.24) is 4.90 Å². The van der Waals surface area contributed by atoms with Crippen molar-refractivity contribution in [2.75, 3.05) is 6.54 Å². The molecule has 0 spiro atoms. The fourth-order valence-corrected chi connectivity index (χ4v) is 3.27. The maximum absolute atomic E-state index is 9.74. The lowest BCUT2D eigenvalue weighted by atomic mass is 9.87. The van der Waals surface area contributed by atoms with Crippen LogP contribution in [0.25, 0.3) is 0 Å². The summed E-state index contributed by atoms with van der Waals surface area (Å²) in [6.45, 7) is 5.96. The van der Waals surface area contributed by atoms with Crippen LogP contribution in [0.15, 0.2) is 0 Å². The van der Waals surface area contributed by atoms with Crippen LogP contribution in [0.5, 0.6) is 0 Å². The molecule has 0 radical (unpaired) electrons. The Hall–Kier alpha value is -0.0800. The zero-order valence-corrected chi connectivity index (χ0v) is 10.2. The van der Waals surface area contributed by atoms with Gasteiger partial charge in [0.25, 0.3) is 0 Å². The van der Waals surface area contributed by atoms with Crippen molar-refractivity contribution in [3.8, 4) is 0 Å². The maximum atomic E-state index is 9.74. The van der Waals surface area contributed by atoms with Crippen LogP contribution in [0.4, 0.5) is 0 Å². The number of nitrogens with zero attached hydrogens (tertiary/aromatic N) is 1. The Morgan fingerprint density at radius 1 is 1.07 bits per heavy atom. The topological polar surface area (TPSA) is 23.5 Å². The van der Waals surface area contributed by atoms with E-state index in [4.69, 9.17) is 0 Å². The summed E-state index contributed by atoms with van der Waals surface area (Å²) >= 11 is 0. The third-order valence-electron chi connectivity index (χ3n) is 4.25. The second kappa shape index (κ2) is 4.84. The van der Waals surface area contributed by atoms with Gasteiger partial charge < -0.3 is 5.11 Å². The second-order valence-electron chi connectivity index (χ2n) is 5.70. The number of likely N-dealkylation sites (tertiary alicyclic amines) is 1. The first-order chi connectivity index (χ1) is 7.16. The summed E-state index contributed by atoms with van der Waals surface area (Å²) in [5, 5.41) is 9.74. The Labute approximate surface area is 93.7 Å². The van der Waals surface area contributed by atoms with E-state index in [1.54, 1.807) is 0 Å². The number of hydrogen-bond donors (Lipinski definition) is 1. The fraction of sp³-hybridized carbons (Fsp3) is 1.00. The van der Waals surface area contributed by atoms with E-state index in [0.29, 0.717) is 6.04 Å². The molecular weight excluding hydrogens is 186 g/mol. The molecule has 0 amide bonds. The summed E-state index contributed by atoms with van der Waals surface area (Å²) in [4.78, 5) is 2.66. The molecule has 1 heterocycles. The highest BCUT2D eigenvalue weighted by Crippen LogP contribution is 2.30. The summed E-state index contributed by atoms with van der Waals surface area (Å²) in [5.74, 6) is 0.847. The molecule has 2 heteroatoms. The summed E-state index contributed by atoms with van der Waals surface area (Å²) < 4.78 is 0. The van der Waals surface area contributed by atoms with Gasteiger partial charge in [-0.05, 0) is 51.4 Å². The third kappa shape index (κ3) is 2.73. The largest absolute Gasteiger partial charge is 0.393 e. The van der Waals surface area contributed by atoms with Crippen LogP contribution >= 0.6 is 0 Å². The van der Waals surface area contributed by atoms with Crippen LogP contribution in [0.1, 0.15) is 52.4 Å². The van der Waals surface area contributed by atoms with E-state index in [1.807, 2.05) is 0 Å². The van der Waals surface area contributed by atoms with Gasteiger partial charge >= 0.3 is 0 Å². The Kier molecular flexibility index (Phi) is 3.68. The highest BCUT2D eigenvalue weighted by Gasteiger charge is 2.31. The van der Waals surface area contributed by atoms with Crippen molar-refractivity contribution in [3.63, 3.8) is 0 Å². The monoisotopic (exact) mass is 211 g/mol. The van der Waals surface area contributed by atoms with Crippen molar-refractivity contribution in [2.24, 2.45) is 5.92 Å². The minimum Gasteiger partial charge on any atom is -0.393 e. The molecule has 2 fully saturated rings. The van der Waals surface area contributed by atoms with E-state index in [-0.39, 0.29) is 6.10 Å². The molecular formula is C13H25NO. The van der Waals surface area contributed by atoms with E-state index >= 15 is 0 Å². The minimum atomic E-state index is -0.0341. The number of hydrogen-bond acceptors (Lipinski definition) is 2. The highest BCUT2D eigenvalue weighted by molar-refractivity contribution is 4.86. The SMILES string of the molecule is CC1CCC(C)N(C2CCCC(O)C2)C1. The molecule has 1 aliphatic heterocycles. The quantitative estimate of drug-likeness (QED) is 0.720. The van der Waals surface area contributed by atoms with E-state index in [0.717, 1.165) is 24.8 Å². The van der Waals surface area contributed by atoms with Crippen molar-refractivity contribution in [1.29, 1.82) is 0 Å². The molecule has 4 unspecified atom stereocenters. The average molecular weight is 211 g/mol. The normalized spacial score (nSPS) is 44.2. The number of aliphatic hydroxyl groups excluding tert-OH is 1. The zero-order valence-electron chi connectivity index (χ0n) is 10.2. The van der Waals surface area contributed by atoms with Gasteiger partial charge in [0, 0.05) is 18.6 Å². The van der Waals surface area contributed by atoms with E-state index in [9.17, 15) is 5.11 Å². The Morgan fingerprint density at radius 3 is 2.60 bits per heavy atom. The second-order valence-corrected chi connectivity index (χ2v) is 5.70. The molecule has 1 aliphatic carbocycles. The lowest BCUT2D eigenvalue weighted by Gasteiger charge is -2.44. The Balaban J connectivity index is 1.94. The molecule has 2 aliphatic rings. The van der Waals surface area contributed by atoms with Crippen LogP contribution in [0.3, 0.4) is 0 Å². The van der Waals surface area contributed by atoms with Gasteiger partial charge in [-0.3, -0.25) is 4.90 Å². The standard InChI is InChI=1S/C13H25NO/c1-10-6-7-11(2)14(9-10)12-4-3-5-13(15)8-12/h10-13,15H,3-9H2,1-2H3. The van der Waals surface area contributed by atoms with E-state index in [2.05, 4.69) is 18.7 Å². The number of aliphatic hydroxyl groups is 1. The van der Waals surface area contributed by atoms with Gasteiger partial charge in [-0.2, -0.15) is 0 Å². The molecule has 88 valence electrons. The van der Waals surface area contributed by atoms with Crippen LogP contribution in [0.2, 0.25) is 0 Å². The van der Waals surface area contributed by atoms with Gasteiger partial charge in [0.15, 0.2) is 0 Å². The summed E-state index contributed by atoms with van der Waals surface area (Å²) in [5.41, 5.74) is 0. The highest BCUT2D eigenvalue weighted by atomic mass is 16.3. The molecule has 0 bridgehead atoms. The number of piperidine rings is 1. The van der Waals surface area contributed by atoms with Gasteiger partial charge in [0.1, 0.15) is 0 Å². The molecule has 0 aromatic carbocycles. The zero-order chi connectivity index (χ0) is 10.8. The van der Waals surface area contributed by atoms with Crippen molar-refractivity contribution < 1.29 is 5.11 Å². The van der Waals surface area contributed by atoms with Crippen LogP contribution < -0.4 is 0 Å². The van der Waals surface area contributed by atoms with Gasteiger partial charge in [0.2, 0.25) is 0 Å². The fourth-order valence-electron chi connectivity index (χ4n) is 3.27. The molecule has 1 saturated carbocycles. The average Bonchev–Trinajstić information content (AvgIpc) is 2.22. The molecule has 0 aromatic heterocycles. The van der Waals surface area contributed by atoms with Crippen LogP contribution in [-0.4, -0.2) is 34.7 Å². The van der Waals surface area contributed by atoms with E-state index < -0.39 is 0 Å². The predicted molar refractivity (Wildman–Crippen MR) is 62.8 cm³/mol. The van der Waals surface area contributed by atoms with Gasteiger partial charge in [-0.25, -0.2) is 0 Å². The molecule has 15 heavy (non-hydrogen) atoms. The first-order valence-electron chi connectivity index (χ1n) is 6.60. The summed E-state index contributed by atoms with van der Waals surface area (Å²) in [7, 11) is 0. The lowest BCUT2D eigenvalue weighted by Crippen LogP contribution is -2.49. The van der Waals surface area contributed by atoms with Crippen LogP contribution in [0, 0.1) is 5.92 Å². The molecule has 2 rings (SSSR count). The molecule has 1 saturated heterocycles. The Bertz CT molecular complexity index is 207. The van der Waals surface area contributed by atoms with Gasteiger partial charge in [0.05, 0.1) is 6.10 Å². The first-order valence-corrected chi connectivity index (χ1v) is 6.60. The minimum absolute atomic E-state index is 0.0341. The number of rotatable bonds is 1. The first kappa shape index (κ1) is 11.4.